The fourth-order valence-electron chi connectivity index (χ4n) is 1.78. The smallest absolute Gasteiger partial charge is 0.416 e. The van der Waals surface area contributed by atoms with E-state index < -0.39 is 36.1 Å². The number of amides is 3. The van der Waals surface area contributed by atoms with Crippen LogP contribution in [0.5, 0.6) is 5.75 Å². The molecule has 2 rings (SSSR count). The Morgan fingerprint density at radius 2 is 1.69 bits per heavy atom. The Bertz CT molecular complexity index is 779. The van der Waals surface area contributed by atoms with Crippen LogP contribution < -0.4 is 20.9 Å². The van der Waals surface area contributed by atoms with Crippen molar-refractivity contribution in [1.29, 1.82) is 0 Å². The highest BCUT2D eigenvalue weighted by Gasteiger charge is 2.30. The fourth-order valence-corrected chi connectivity index (χ4v) is 1.78. The second-order valence-electron chi connectivity index (χ2n) is 4.95. The lowest BCUT2D eigenvalue weighted by atomic mass is 10.2. The Morgan fingerprint density at radius 3 is 2.35 bits per heavy atom. The van der Waals surface area contributed by atoms with Crippen LogP contribution in [0.2, 0.25) is 0 Å². The van der Waals surface area contributed by atoms with Crippen molar-refractivity contribution in [3.8, 4) is 5.75 Å². The molecular formula is C16H13F4N3O3. The highest BCUT2D eigenvalue weighted by Crippen LogP contribution is 2.30. The van der Waals surface area contributed by atoms with Gasteiger partial charge in [-0.2, -0.15) is 13.2 Å². The summed E-state index contributed by atoms with van der Waals surface area (Å²) in [4.78, 5) is 23.1. The highest BCUT2D eigenvalue weighted by molar-refractivity contribution is 5.91. The van der Waals surface area contributed by atoms with Crippen LogP contribution in [-0.2, 0) is 11.0 Å². The molecule has 6 nitrogen and oxygen atoms in total. The predicted octanol–water partition coefficient (Wildman–Crippen LogP) is 3.08. The lowest BCUT2D eigenvalue weighted by Crippen LogP contribution is -2.45. The van der Waals surface area contributed by atoms with E-state index in [-0.39, 0.29) is 11.4 Å². The Hall–Kier alpha value is -3.30. The third-order valence-electron chi connectivity index (χ3n) is 2.95. The number of carbonyl (C=O) groups excluding carboxylic acids is 2. The van der Waals surface area contributed by atoms with E-state index in [4.69, 9.17) is 4.74 Å². The van der Waals surface area contributed by atoms with Gasteiger partial charge in [0, 0.05) is 5.69 Å². The van der Waals surface area contributed by atoms with Gasteiger partial charge < -0.3 is 10.1 Å². The minimum atomic E-state index is -4.54. The van der Waals surface area contributed by atoms with E-state index in [1.807, 2.05) is 10.9 Å². The third kappa shape index (κ3) is 5.96. The zero-order valence-corrected chi connectivity index (χ0v) is 13.1. The summed E-state index contributed by atoms with van der Waals surface area (Å²) in [7, 11) is 0. The maximum absolute atomic E-state index is 12.7. The van der Waals surface area contributed by atoms with Crippen molar-refractivity contribution >= 4 is 17.6 Å². The Labute approximate surface area is 145 Å². The molecule has 10 heteroatoms. The average molecular weight is 371 g/mol. The quantitative estimate of drug-likeness (QED) is 0.571. The maximum Gasteiger partial charge on any atom is 0.416 e. The van der Waals surface area contributed by atoms with Gasteiger partial charge in [-0.05, 0) is 42.5 Å². The zero-order valence-electron chi connectivity index (χ0n) is 13.1. The van der Waals surface area contributed by atoms with Gasteiger partial charge in [0.05, 0.1) is 5.56 Å². The molecule has 0 unspecified atom stereocenters. The number of alkyl halides is 3. The van der Waals surface area contributed by atoms with Crippen LogP contribution in [0.3, 0.4) is 0 Å². The molecule has 0 bridgehead atoms. The van der Waals surface area contributed by atoms with Crippen LogP contribution in [0.15, 0.2) is 48.5 Å². The lowest BCUT2D eigenvalue weighted by Gasteiger charge is -2.11. The fraction of sp³-hybridized carbons (Fsp3) is 0.125. The molecule has 0 spiro atoms. The maximum atomic E-state index is 12.7. The SMILES string of the molecule is O=C(COc1ccc(F)cc1)NNC(=O)Nc1cccc(C(F)(F)F)c1. The third-order valence-corrected chi connectivity index (χ3v) is 2.95. The first-order valence-corrected chi connectivity index (χ1v) is 7.15. The summed E-state index contributed by atoms with van der Waals surface area (Å²) in [5.74, 6) is -0.946. The van der Waals surface area contributed by atoms with Crippen LogP contribution in [0.1, 0.15) is 5.56 Å². The largest absolute Gasteiger partial charge is 0.484 e. The van der Waals surface area contributed by atoms with E-state index in [1.165, 1.54) is 18.2 Å². The molecule has 26 heavy (non-hydrogen) atoms. The highest BCUT2D eigenvalue weighted by atomic mass is 19.4. The van der Waals surface area contributed by atoms with E-state index in [0.29, 0.717) is 0 Å². The first-order chi connectivity index (χ1) is 12.2. The number of rotatable bonds is 4. The van der Waals surface area contributed by atoms with Gasteiger partial charge in [-0.3, -0.25) is 10.2 Å². The van der Waals surface area contributed by atoms with Crippen LogP contribution in [0, 0.1) is 5.82 Å². The molecular weight excluding hydrogens is 358 g/mol. The van der Waals surface area contributed by atoms with E-state index in [2.05, 4.69) is 5.32 Å². The van der Waals surface area contributed by atoms with Crippen molar-refractivity contribution in [2.45, 2.75) is 6.18 Å². The van der Waals surface area contributed by atoms with Gasteiger partial charge in [-0.1, -0.05) is 6.07 Å². The number of benzene rings is 2. The molecule has 0 fully saturated rings. The molecule has 0 heterocycles. The second-order valence-corrected chi connectivity index (χ2v) is 4.95. The van der Waals surface area contributed by atoms with Gasteiger partial charge in [0.1, 0.15) is 11.6 Å². The number of hydrogen-bond acceptors (Lipinski definition) is 3. The lowest BCUT2D eigenvalue weighted by molar-refractivity contribution is -0.137. The zero-order chi connectivity index (χ0) is 19.2. The number of anilines is 1. The summed E-state index contributed by atoms with van der Waals surface area (Å²) in [5.41, 5.74) is 2.94. The van der Waals surface area contributed by atoms with Crippen molar-refractivity contribution in [2.75, 3.05) is 11.9 Å². The van der Waals surface area contributed by atoms with Crippen molar-refractivity contribution < 1.29 is 31.9 Å². The van der Waals surface area contributed by atoms with Crippen molar-refractivity contribution in [1.82, 2.24) is 10.9 Å². The summed E-state index contributed by atoms with van der Waals surface area (Å²) in [6, 6.07) is 7.98. The van der Waals surface area contributed by atoms with Crippen molar-refractivity contribution in [3.63, 3.8) is 0 Å². The Balaban J connectivity index is 1.77. The normalized spacial score (nSPS) is 10.8. The van der Waals surface area contributed by atoms with Gasteiger partial charge >= 0.3 is 12.2 Å². The molecule has 2 aromatic carbocycles. The van der Waals surface area contributed by atoms with Crippen molar-refractivity contribution in [2.24, 2.45) is 0 Å². The summed E-state index contributed by atoms with van der Waals surface area (Å²) in [6.45, 7) is -0.463. The number of hydrogen-bond donors (Lipinski definition) is 3. The molecule has 0 aliphatic rings. The van der Waals surface area contributed by atoms with E-state index in [0.717, 1.165) is 30.3 Å². The number of urea groups is 1. The topological polar surface area (TPSA) is 79.5 Å². The van der Waals surface area contributed by atoms with Gasteiger partial charge in [-0.15, -0.1) is 0 Å². The number of ether oxygens (including phenoxy) is 1. The van der Waals surface area contributed by atoms with Crippen LogP contribution in [0.25, 0.3) is 0 Å². The number of hydrazine groups is 1. The molecule has 0 atom stereocenters. The first kappa shape index (κ1) is 19.0. The Morgan fingerprint density at radius 1 is 1.00 bits per heavy atom. The number of halogens is 4. The number of carbonyl (C=O) groups is 2. The molecule has 0 radical (unpaired) electrons. The molecule has 0 saturated carbocycles. The molecule has 3 amide bonds. The first-order valence-electron chi connectivity index (χ1n) is 7.15. The summed E-state index contributed by atoms with van der Waals surface area (Å²) in [6.07, 6.45) is -4.54. The molecule has 0 saturated heterocycles. The summed E-state index contributed by atoms with van der Waals surface area (Å²) < 4.78 is 55.5. The van der Waals surface area contributed by atoms with Gasteiger partial charge in [0.2, 0.25) is 0 Å². The molecule has 0 aromatic heterocycles. The molecule has 0 aliphatic heterocycles. The molecule has 3 N–H and O–H groups in total. The van der Waals surface area contributed by atoms with E-state index in [9.17, 15) is 27.2 Å². The van der Waals surface area contributed by atoms with Crippen LogP contribution >= 0.6 is 0 Å². The van der Waals surface area contributed by atoms with E-state index in [1.54, 1.807) is 0 Å². The standard InChI is InChI=1S/C16H13F4N3O3/c17-11-4-6-13(7-5-11)26-9-14(24)22-23-15(25)21-12-3-1-2-10(8-12)16(18,19)20/h1-8H,9H2,(H,22,24)(H2,21,23,25). The predicted molar refractivity (Wildman–Crippen MR) is 83.6 cm³/mol. The minimum Gasteiger partial charge on any atom is -0.484 e. The Kier molecular flexibility index (Phi) is 5.99. The molecule has 0 aliphatic carbocycles. The average Bonchev–Trinajstić information content (AvgIpc) is 2.59. The van der Waals surface area contributed by atoms with Crippen LogP contribution in [0.4, 0.5) is 28.0 Å². The number of nitrogens with one attached hydrogen (secondary N) is 3. The second kappa shape index (κ2) is 8.19. The van der Waals surface area contributed by atoms with Crippen molar-refractivity contribution in [3.05, 3.63) is 59.9 Å². The summed E-state index contributed by atoms with van der Waals surface area (Å²) in [5, 5.41) is 2.14. The molecule has 138 valence electrons. The summed E-state index contributed by atoms with van der Waals surface area (Å²) >= 11 is 0. The van der Waals surface area contributed by atoms with Crippen LogP contribution in [-0.4, -0.2) is 18.5 Å². The monoisotopic (exact) mass is 371 g/mol. The molecule has 2 aromatic rings. The van der Waals surface area contributed by atoms with Gasteiger partial charge in [0.25, 0.3) is 5.91 Å². The van der Waals surface area contributed by atoms with Gasteiger partial charge in [-0.25, -0.2) is 14.6 Å². The van der Waals surface area contributed by atoms with E-state index >= 15 is 0 Å². The van der Waals surface area contributed by atoms with Gasteiger partial charge in [0.15, 0.2) is 6.61 Å². The minimum absolute atomic E-state index is 0.103.